The first-order valence-corrected chi connectivity index (χ1v) is 7.53. The Morgan fingerprint density at radius 3 is 2.89 bits per heavy atom. The van der Waals surface area contributed by atoms with E-state index < -0.39 is 0 Å². The van der Waals surface area contributed by atoms with Gasteiger partial charge in [-0.3, -0.25) is 0 Å². The Balaban J connectivity index is 1.60. The zero-order valence-corrected chi connectivity index (χ0v) is 12.0. The van der Waals surface area contributed by atoms with Gasteiger partial charge in [0.2, 0.25) is 0 Å². The molecule has 1 N–H and O–H groups in total. The summed E-state index contributed by atoms with van der Waals surface area (Å²) in [7, 11) is 0. The topological polar surface area (TPSA) is 24.5 Å². The number of nitrogens with zero attached hydrogens (tertiary/aromatic N) is 1. The molecule has 1 heterocycles. The Morgan fingerprint density at radius 2 is 2.11 bits per heavy atom. The zero-order chi connectivity index (χ0) is 13.3. The predicted octanol–water partition coefficient (Wildman–Crippen LogP) is 2.66. The van der Waals surface area contributed by atoms with Crippen LogP contribution >= 0.6 is 0 Å². The number of benzene rings is 1. The molecule has 1 fully saturated rings. The largest absolute Gasteiger partial charge is 0.494 e. The molecular formula is C16H26N2O. The molecule has 0 radical (unpaired) electrons. The van der Waals surface area contributed by atoms with Crippen molar-refractivity contribution in [2.75, 3.05) is 32.8 Å². The number of likely N-dealkylation sites (tertiary alicyclic amines) is 1. The molecule has 0 aliphatic carbocycles. The second-order valence-electron chi connectivity index (χ2n) is 5.16. The van der Waals surface area contributed by atoms with Crippen molar-refractivity contribution in [1.29, 1.82) is 0 Å². The third kappa shape index (κ3) is 5.21. The summed E-state index contributed by atoms with van der Waals surface area (Å²) < 4.78 is 5.51. The van der Waals surface area contributed by atoms with Crippen molar-refractivity contribution in [2.45, 2.75) is 32.7 Å². The maximum atomic E-state index is 5.51. The molecule has 0 spiro atoms. The molecule has 106 valence electrons. The van der Waals surface area contributed by atoms with Gasteiger partial charge in [-0.2, -0.15) is 0 Å². The molecule has 0 amide bonds. The molecule has 0 atom stereocenters. The number of ether oxygens (including phenoxy) is 1. The van der Waals surface area contributed by atoms with E-state index in [-0.39, 0.29) is 0 Å². The molecule has 1 aromatic rings. The summed E-state index contributed by atoms with van der Waals surface area (Å²) in [6.45, 7) is 8.62. The highest BCUT2D eigenvalue weighted by Gasteiger charge is 2.09. The summed E-state index contributed by atoms with van der Waals surface area (Å²) in [5.74, 6) is 0.971. The lowest BCUT2D eigenvalue weighted by Gasteiger charge is -2.14. The van der Waals surface area contributed by atoms with Gasteiger partial charge in [0.1, 0.15) is 5.75 Å². The van der Waals surface area contributed by atoms with Crippen molar-refractivity contribution in [2.24, 2.45) is 0 Å². The average molecular weight is 262 g/mol. The molecular weight excluding hydrogens is 236 g/mol. The van der Waals surface area contributed by atoms with Crippen LogP contribution in [0.3, 0.4) is 0 Å². The van der Waals surface area contributed by atoms with Crippen molar-refractivity contribution in [3.8, 4) is 5.75 Å². The Kier molecular flexibility index (Phi) is 6.18. The molecule has 2 rings (SSSR count). The molecule has 0 bridgehead atoms. The van der Waals surface area contributed by atoms with E-state index in [1.54, 1.807) is 0 Å². The highest BCUT2D eigenvalue weighted by atomic mass is 16.5. The van der Waals surface area contributed by atoms with Gasteiger partial charge in [-0.05, 0) is 70.1 Å². The van der Waals surface area contributed by atoms with E-state index in [2.05, 4.69) is 28.4 Å². The van der Waals surface area contributed by atoms with Crippen molar-refractivity contribution < 1.29 is 4.74 Å². The van der Waals surface area contributed by atoms with Crippen LogP contribution in [0.5, 0.6) is 5.75 Å². The van der Waals surface area contributed by atoms with Gasteiger partial charge in [0.25, 0.3) is 0 Å². The van der Waals surface area contributed by atoms with Gasteiger partial charge >= 0.3 is 0 Å². The maximum absolute atomic E-state index is 5.51. The molecule has 0 aromatic heterocycles. The smallest absolute Gasteiger partial charge is 0.119 e. The third-order valence-electron chi connectivity index (χ3n) is 3.57. The summed E-state index contributed by atoms with van der Waals surface area (Å²) in [6, 6.07) is 8.35. The van der Waals surface area contributed by atoms with Crippen LogP contribution in [-0.4, -0.2) is 37.7 Å². The average Bonchev–Trinajstić information content (AvgIpc) is 2.92. The molecule has 0 unspecified atom stereocenters. The summed E-state index contributed by atoms with van der Waals surface area (Å²) in [5.41, 5.74) is 1.30. The first kappa shape index (κ1) is 14.4. The second kappa shape index (κ2) is 8.18. The van der Waals surface area contributed by atoms with Crippen LogP contribution in [0.2, 0.25) is 0 Å². The first-order chi connectivity index (χ1) is 9.38. The van der Waals surface area contributed by atoms with E-state index in [1.807, 2.05) is 13.0 Å². The Labute approximate surface area is 116 Å². The Bertz CT molecular complexity index is 362. The van der Waals surface area contributed by atoms with Gasteiger partial charge in [0.15, 0.2) is 0 Å². The van der Waals surface area contributed by atoms with Crippen LogP contribution in [0.1, 0.15) is 31.7 Å². The quantitative estimate of drug-likeness (QED) is 0.729. The normalized spacial score (nSPS) is 15.8. The van der Waals surface area contributed by atoms with Gasteiger partial charge < -0.3 is 15.0 Å². The number of rotatable bonds is 8. The SMILES string of the molecule is CCOc1cccc(CNCCCN2CCCC2)c1. The standard InChI is InChI=1S/C16H26N2O/c1-2-19-16-8-5-7-15(13-16)14-17-9-6-12-18-10-3-4-11-18/h5,7-8,13,17H,2-4,6,9-12,14H2,1H3. The molecule has 1 aromatic carbocycles. The molecule has 3 heteroatoms. The number of hydrogen-bond donors (Lipinski definition) is 1. The van der Waals surface area contributed by atoms with E-state index in [4.69, 9.17) is 4.74 Å². The number of nitrogens with one attached hydrogen (secondary N) is 1. The van der Waals surface area contributed by atoms with E-state index in [9.17, 15) is 0 Å². The van der Waals surface area contributed by atoms with Gasteiger partial charge in [-0.15, -0.1) is 0 Å². The maximum Gasteiger partial charge on any atom is 0.119 e. The summed E-state index contributed by atoms with van der Waals surface area (Å²) in [4.78, 5) is 2.57. The summed E-state index contributed by atoms with van der Waals surface area (Å²) >= 11 is 0. The predicted molar refractivity (Wildman–Crippen MR) is 79.6 cm³/mol. The van der Waals surface area contributed by atoms with Gasteiger partial charge in [-0.1, -0.05) is 12.1 Å². The molecule has 19 heavy (non-hydrogen) atoms. The second-order valence-corrected chi connectivity index (χ2v) is 5.16. The minimum absolute atomic E-state index is 0.729. The van der Waals surface area contributed by atoms with Crippen LogP contribution < -0.4 is 10.1 Å². The molecule has 1 aliphatic rings. The zero-order valence-electron chi connectivity index (χ0n) is 12.0. The summed E-state index contributed by atoms with van der Waals surface area (Å²) in [6.07, 6.45) is 4.01. The van der Waals surface area contributed by atoms with Gasteiger partial charge in [-0.25, -0.2) is 0 Å². The van der Waals surface area contributed by atoms with E-state index in [1.165, 1.54) is 44.5 Å². The number of hydrogen-bond acceptors (Lipinski definition) is 3. The van der Waals surface area contributed by atoms with Gasteiger partial charge in [0, 0.05) is 6.54 Å². The summed E-state index contributed by atoms with van der Waals surface area (Å²) in [5, 5.41) is 3.51. The lowest BCUT2D eigenvalue weighted by atomic mass is 10.2. The molecule has 0 saturated carbocycles. The van der Waals surface area contributed by atoms with Crippen LogP contribution in [0.4, 0.5) is 0 Å². The monoisotopic (exact) mass is 262 g/mol. The van der Waals surface area contributed by atoms with E-state index in [0.717, 1.165) is 25.4 Å². The van der Waals surface area contributed by atoms with Gasteiger partial charge in [0.05, 0.1) is 6.61 Å². The van der Waals surface area contributed by atoms with Crippen LogP contribution in [0.25, 0.3) is 0 Å². The van der Waals surface area contributed by atoms with E-state index >= 15 is 0 Å². The molecule has 1 saturated heterocycles. The fourth-order valence-corrected chi connectivity index (χ4v) is 2.58. The van der Waals surface area contributed by atoms with Crippen molar-refractivity contribution >= 4 is 0 Å². The lowest BCUT2D eigenvalue weighted by Crippen LogP contribution is -2.24. The van der Waals surface area contributed by atoms with E-state index in [0.29, 0.717) is 0 Å². The van der Waals surface area contributed by atoms with Crippen molar-refractivity contribution in [1.82, 2.24) is 10.2 Å². The lowest BCUT2D eigenvalue weighted by molar-refractivity contribution is 0.330. The third-order valence-corrected chi connectivity index (χ3v) is 3.57. The molecule has 1 aliphatic heterocycles. The highest BCUT2D eigenvalue weighted by molar-refractivity contribution is 5.28. The first-order valence-electron chi connectivity index (χ1n) is 7.53. The Hall–Kier alpha value is -1.06. The molecule has 3 nitrogen and oxygen atoms in total. The highest BCUT2D eigenvalue weighted by Crippen LogP contribution is 2.13. The van der Waals surface area contributed by atoms with Crippen molar-refractivity contribution in [3.63, 3.8) is 0 Å². The fourth-order valence-electron chi connectivity index (χ4n) is 2.58. The van der Waals surface area contributed by atoms with Crippen LogP contribution in [-0.2, 0) is 6.54 Å². The van der Waals surface area contributed by atoms with Crippen molar-refractivity contribution in [3.05, 3.63) is 29.8 Å². The fraction of sp³-hybridized carbons (Fsp3) is 0.625. The minimum atomic E-state index is 0.729. The van der Waals surface area contributed by atoms with Crippen LogP contribution in [0.15, 0.2) is 24.3 Å². The Morgan fingerprint density at radius 1 is 1.26 bits per heavy atom. The van der Waals surface area contributed by atoms with Crippen LogP contribution in [0, 0.1) is 0 Å². The minimum Gasteiger partial charge on any atom is -0.494 e.